The van der Waals surface area contributed by atoms with Crippen LogP contribution < -0.4 is 10.9 Å². The Hall–Kier alpha value is -1.40. The van der Waals surface area contributed by atoms with Gasteiger partial charge in [0.25, 0.3) is 0 Å². The molecule has 0 bridgehead atoms. The van der Waals surface area contributed by atoms with Gasteiger partial charge in [-0.15, -0.1) is 0 Å². The van der Waals surface area contributed by atoms with Gasteiger partial charge in [0.1, 0.15) is 5.76 Å². The summed E-state index contributed by atoms with van der Waals surface area (Å²) in [6, 6.07) is 8.97. The number of hydrazine groups is 1. The lowest BCUT2D eigenvalue weighted by atomic mass is 9.73. The van der Waals surface area contributed by atoms with Crippen LogP contribution in [-0.4, -0.2) is 35.1 Å². The lowest BCUT2D eigenvalue weighted by Crippen LogP contribution is -2.48. The van der Waals surface area contributed by atoms with Gasteiger partial charge in [-0.2, -0.15) is 0 Å². The van der Waals surface area contributed by atoms with Crippen molar-refractivity contribution in [3.63, 3.8) is 0 Å². The smallest absolute Gasteiger partial charge is 0.228 e. The fourth-order valence-electron chi connectivity index (χ4n) is 4.85. The molecular weight excluding hydrogens is 360 g/mol. The van der Waals surface area contributed by atoms with Crippen molar-refractivity contribution < 1.29 is 4.42 Å². The van der Waals surface area contributed by atoms with Crippen LogP contribution in [-0.2, 0) is 6.54 Å². The van der Waals surface area contributed by atoms with Gasteiger partial charge in [-0.1, -0.05) is 30.2 Å². The van der Waals surface area contributed by atoms with E-state index in [0.717, 1.165) is 42.6 Å². The van der Waals surface area contributed by atoms with Crippen molar-refractivity contribution in [2.75, 3.05) is 13.1 Å². The Bertz CT molecular complexity index is 818. The Morgan fingerprint density at radius 1 is 1.22 bits per heavy atom. The van der Waals surface area contributed by atoms with Crippen LogP contribution in [0.2, 0.25) is 5.02 Å². The molecule has 3 heterocycles. The molecule has 1 saturated carbocycles. The summed E-state index contributed by atoms with van der Waals surface area (Å²) in [6.07, 6.45) is 5.35. The standard InChI is InChI=1S/C21H27ClN4O/c1-13-19(23-21(27-13)15-7-2-3-8-17(15)22)12-26-10-9-18-16(11-26)20(25-24-18)14-5-4-6-14/h2-3,7-8,14,16,18,20,24-25H,4-6,9-12H2,1H3. The maximum Gasteiger partial charge on any atom is 0.228 e. The van der Waals surface area contributed by atoms with Gasteiger partial charge in [-0.05, 0) is 44.2 Å². The lowest BCUT2D eigenvalue weighted by molar-refractivity contribution is 0.116. The van der Waals surface area contributed by atoms with Gasteiger partial charge in [0.05, 0.1) is 16.3 Å². The summed E-state index contributed by atoms with van der Waals surface area (Å²) in [6.45, 7) is 5.08. The molecule has 3 atom stereocenters. The number of benzene rings is 1. The minimum atomic E-state index is 0.615. The highest BCUT2D eigenvalue weighted by Gasteiger charge is 2.44. The van der Waals surface area contributed by atoms with E-state index in [4.69, 9.17) is 21.0 Å². The van der Waals surface area contributed by atoms with E-state index in [9.17, 15) is 0 Å². The van der Waals surface area contributed by atoms with Crippen LogP contribution in [0.25, 0.3) is 11.5 Å². The number of likely N-dealkylation sites (tertiary alicyclic amines) is 1. The first-order chi connectivity index (χ1) is 13.2. The van der Waals surface area contributed by atoms with E-state index in [2.05, 4.69) is 15.8 Å². The minimum Gasteiger partial charge on any atom is -0.441 e. The molecule has 2 N–H and O–H groups in total. The molecule has 3 unspecified atom stereocenters. The molecule has 6 heteroatoms. The number of nitrogens with zero attached hydrogens (tertiary/aromatic N) is 2. The maximum atomic E-state index is 6.31. The summed E-state index contributed by atoms with van der Waals surface area (Å²) in [5, 5.41) is 0.678. The SMILES string of the molecule is Cc1oc(-c2ccccc2Cl)nc1CN1CCC2NNC(C3CCC3)C2C1. The zero-order valence-electron chi connectivity index (χ0n) is 15.7. The summed E-state index contributed by atoms with van der Waals surface area (Å²) in [7, 11) is 0. The number of hydrogen-bond acceptors (Lipinski definition) is 5. The number of aromatic nitrogens is 1. The lowest BCUT2D eigenvalue weighted by Gasteiger charge is -2.40. The number of rotatable bonds is 4. The van der Waals surface area contributed by atoms with E-state index >= 15 is 0 Å². The number of aryl methyl sites for hydroxylation is 1. The van der Waals surface area contributed by atoms with E-state index in [1.165, 1.54) is 25.7 Å². The van der Waals surface area contributed by atoms with Crippen LogP contribution >= 0.6 is 11.6 Å². The normalized spacial score (nSPS) is 28.9. The summed E-state index contributed by atoms with van der Waals surface area (Å²) in [5.74, 6) is 3.07. The molecule has 2 aliphatic heterocycles. The van der Waals surface area contributed by atoms with Crippen molar-refractivity contribution in [1.82, 2.24) is 20.7 Å². The van der Waals surface area contributed by atoms with Gasteiger partial charge in [-0.25, -0.2) is 4.98 Å². The monoisotopic (exact) mass is 386 g/mol. The van der Waals surface area contributed by atoms with E-state index in [0.29, 0.717) is 28.9 Å². The average Bonchev–Trinajstić information content (AvgIpc) is 3.18. The van der Waals surface area contributed by atoms with Gasteiger partial charge in [0.2, 0.25) is 5.89 Å². The Morgan fingerprint density at radius 3 is 2.85 bits per heavy atom. The quantitative estimate of drug-likeness (QED) is 0.837. The van der Waals surface area contributed by atoms with Gasteiger partial charge >= 0.3 is 0 Å². The number of nitrogens with one attached hydrogen (secondary N) is 2. The first-order valence-corrected chi connectivity index (χ1v) is 10.5. The second-order valence-corrected chi connectivity index (χ2v) is 8.71. The van der Waals surface area contributed by atoms with Crippen molar-refractivity contribution >= 4 is 11.6 Å². The van der Waals surface area contributed by atoms with Crippen molar-refractivity contribution in [1.29, 1.82) is 0 Å². The predicted molar refractivity (Wildman–Crippen MR) is 106 cm³/mol. The van der Waals surface area contributed by atoms with Gasteiger partial charge in [0.15, 0.2) is 0 Å². The average molecular weight is 387 g/mol. The summed E-state index contributed by atoms with van der Waals surface area (Å²) < 4.78 is 5.95. The van der Waals surface area contributed by atoms with Crippen molar-refractivity contribution in [3.8, 4) is 11.5 Å². The molecular formula is C21H27ClN4O. The van der Waals surface area contributed by atoms with E-state index in [-0.39, 0.29) is 0 Å². The van der Waals surface area contributed by atoms with Crippen molar-refractivity contribution in [2.45, 2.75) is 51.2 Å². The number of piperidine rings is 1. The summed E-state index contributed by atoms with van der Waals surface area (Å²) in [5.41, 5.74) is 9.06. The fourth-order valence-corrected chi connectivity index (χ4v) is 5.07. The molecule has 3 fully saturated rings. The highest BCUT2D eigenvalue weighted by Crippen LogP contribution is 2.38. The van der Waals surface area contributed by atoms with E-state index in [1.54, 1.807) is 0 Å². The fraction of sp³-hybridized carbons (Fsp3) is 0.571. The van der Waals surface area contributed by atoms with Gasteiger partial charge < -0.3 is 4.42 Å². The Balaban J connectivity index is 1.30. The van der Waals surface area contributed by atoms with Crippen LogP contribution in [0.5, 0.6) is 0 Å². The molecule has 144 valence electrons. The molecule has 1 aliphatic carbocycles. The van der Waals surface area contributed by atoms with Crippen LogP contribution in [0.4, 0.5) is 0 Å². The number of fused-ring (bicyclic) bond motifs is 1. The molecule has 5 nitrogen and oxygen atoms in total. The number of hydrogen-bond donors (Lipinski definition) is 2. The number of halogens is 1. The van der Waals surface area contributed by atoms with Crippen molar-refractivity contribution in [2.24, 2.45) is 11.8 Å². The Labute approximate surface area is 165 Å². The molecule has 0 radical (unpaired) electrons. The molecule has 2 saturated heterocycles. The van der Waals surface area contributed by atoms with Crippen LogP contribution in [0.3, 0.4) is 0 Å². The topological polar surface area (TPSA) is 53.3 Å². The van der Waals surface area contributed by atoms with E-state index < -0.39 is 0 Å². The minimum absolute atomic E-state index is 0.615. The predicted octanol–water partition coefficient (Wildman–Crippen LogP) is 3.77. The third-order valence-electron chi connectivity index (χ3n) is 6.67. The Kier molecular flexibility index (Phi) is 4.72. The molecule has 5 rings (SSSR count). The molecule has 1 aromatic heterocycles. The first-order valence-electron chi connectivity index (χ1n) is 10.1. The number of oxazole rings is 1. The van der Waals surface area contributed by atoms with Crippen molar-refractivity contribution in [3.05, 3.63) is 40.7 Å². The van der Waals surface area contributed by atoms with E-state index in [1.807, 2.05) is 31.2 Å². The second kappa shape index (κ2) is 7.21. The molecule has 27 heavy (non-hydrogen) atoms. The second-order valence-electron chi connectivity index (χ2n) is 8.30. The molecule has 0 spiro atoms. The largest absolute Gasteiger partial charge is 0.441 e. The van der Waals surface area contributed by atoms with Gasteiger partial charge in [-0.3, -0.25) is 15.8 Å². The zero-order chi connectivity index (χ0) is 18.4. The van der Waals surface area contributed by atoms with Crippen LogP contribution in [0.15, 0.2) is 28.7 Å². The zero-order valence-corrected chi connectivity index (χ0v) is 16.5. The molecule has 3 aliphatic rings. The third kappa shape index (κ3) is 3.31. The molecule has 2 aromatic rings. The summed E-state index contributed by atoms with van der Waals surface area (Å²) in [4.78, 5) is 7.32. The maximum absolute atomic E-state index is 6.31. The van der Waals surface area contributed by atoms with Crippen LogP contribution in [0, 0.1) is 18.8 Å². The third-order valence-corrected chi connectivity index (χ3v) is 7.00. The highest BCUT2D eigenvalue weighted by atomic mass is 35.5. The summed E-state index contributed by atoms with van der Waals surface area (Å²) >= 11 is 6.31. The Morgan fingerprint density at radius 2 is 2.07 bits per heavy atom. The molecule has 1 aromatic carbocycles. The molecule has 0 amide bonds. The highest BCUT2D eigenvalue weighted by molar-refractivity contribution is 6.33. The first kappa shape index (κ1) is 17.7. The van der Waals surface area contributed by atoms with Gasteiger partial charge in [0, 0.05) is 37.6 Å². The van der Waals surface area contributed by atoms with Crippen LogP contribution in [0.1, 0.15) is 37.1 Å².